The number of hydrogen-bond donors (Lipinski definition) is 2. The average Bonchev–Trinajstić information content (AvgIpc) is 2.61. The fourth-order valence-corrected chi connectivity index (χ4v) is 1.97. The highest BCUT2D eigenvalue weighted by molar-refractivity contribution is 7.80. The maximum Gasteiger partial charge on any atom is 0.172 e. The minimum Gasteiger partial charge on any atom is -0.366 e. The molecule has 0 amide bonds. The van der Waals surface area contributed by atoms with Crippen LogP contribution in [0.15, 0.2) is 35.4 Å². The second kappa shape index (κ2) is 4.91. The third kappa shape index (κ3) is 2.40. The Morgan fingerprint density at radius 1 is 1.44 bits per heavy atom. The number of rotatable bonds is 4. The summed E-state index contributed by atoms with van der Waals surface area (Å²) in [5.41, 5.74) is 1.08. The molecule has 3 nitrogen and oxygen atoms in total. The van der Waals surface area contributed by atoms with Gasteiger partial charge in [0.1, 0.15) is 0 Å². The van der Waals surface area contributed by atoms with Crippen molar-refractivity contribution in [2.24, 2.45) is 0 Å². The number of aliphatic hydroxyl groups is 1. The monoisotopic (exact) mass is 237 g/mol. The number of aliphatic hydroxyl groups excluding tert-OH is 1. The Morgan fingerprint density at radius 2 is 2.25 bits per heavy atom. The van der Waals surface area contributed by atoms with Crippen LogP contribution >= 0.6 is 12.6 Å². The van der Waals surface area contributed by atoms with Gasteiger partial charge in [-0.2, -0.15) is 0 Å². The molecular weight excluding hydrogens is 222 g/mol. The third-order valence-corrected chi connectivity index (χ3v) is 2.74. The highest BCUT2D eigenvalue weighted by atomic mass is 32.1. The molecule has 0 fully saturated rings. The van der Waals surface area contributed by atoms with Gasteiger partial charge in [-0.1, -0.05) is 0 Å². The quantitative estimate of drug-likeness (QED) is 0.632. The molecular formula is C12H15NO2S. The number of benzene rings is 1. The number of thiol groups is 1. The maximum atomic E-state index is 9.58. The van der Waals surface area contributed by atoms with E-state index in [4.69, 9.17) is 4.74 Å². The molecule has 0 spiro atoms. The van der Waals surface area contributed by atoms with Crippen molar-refractivity contribution in [2.45, 2.75) is 24.7 Å². The molecule has 1 unspecified atom stereocenters. The van der Waals surface area contributed by atoms with Crippen LogP contribution in [0.4, 0.5) is 0 Å². The Hall–Kier alpha value is -0.970. The van der Waals surface area contributed by atoms with Crippen LogP contribution in [0.3, 0.4) is 0 Å². The number of fused-ring (bicyclic) bond motifs is 1. The molecule has 16 heavy (non-hydrogen) atoms. The van der Waals surface area contributed by atoms with E-state index in [0.717, 1.165) is 15.8 Å². The topological polar surface area (TPSA) is 34.4 Å². The van der Waals surface area contributed by atoms with Crippen LogP contribution in [0.5, 0.6) is 0 Å². The average molecular weight is 237 g/mol. The van der Waals surface area contributed by atoms with E-state index in [2.05, 4.69) is 12.6 Å². The second-order valence-corrected chi connectivity index (χ2v) is 4.14. The van der Waals surface area contributed by atoms with Gasteiger partial charge in [0.25, 0.3) is 0 Å². The normalized spacial score (nSPS) is 13.2. The lowest BCUT2D eigenvalue weighted by molar-refractivity contribution is -0.103. The van der Waals surface area contributed by atoms with Gasteiger partial charge in [-0.15, -0.1) is 12.6 Å². The van der Waals surface area contributed by atoms with Crippen molar-refractivity contribution in [3.05, 3.63) is 30.5 Å². The van der Waals surface area contributed by atoms with Gasteiger partial charge < -0.3 is 14.4 Å². The van der Waals surface area contributed by atoms with Crippen molar-refractivity contribution in [1.29, 1.82) is 0 Å². The number of hydrogen-bond acceptors (Lipinski definition) is 3. The molecule has 2 aromatic rings. The van der Waals surface area contributed by atoms with Gasteiger partial charge in [-0.3, -0.25) is 0 Å². The predicted octanol–water partition coefficient (Wildman–Crippen LogP) is 2.28. The van der Waals surface area contributed by atoms with Gasteiger partial charge in [0, 0.05) is 28.6 Å². The van der Waals surface area contributed by atoms with Crippen LogP contribution in [0, 0.1) is 0 Å². The van der Waals surface area contributed by atoms with Crippen molar-refractivity contribution in [1.82, 2.24) is 4.57 Å². The summed E-state index contributed by atoms with van der Waals surface area (Å²) in [5.74, 6) is 0. The zero-order chi connectivity index (χ0) is 11.5. The SMILES string of the molecule is CCOC(O)Cn1ccc2cc(S)ccc21. The summed E-state index contributed by atoms with van der Waals surface area (Å²) in [6, 6.07) is 7.95. The standard InChI is InChI=1S/C12H15NO2S/c1-2-15-12(14)8-13-6-5-9-7-10(16)3-4-11(9)13/h3-7,12,14,16H,2,8H2,1H3. The summed E-state index contributed by atoms with van der Waals surface area (Å²) in [5, 5.41) is 10.7. The zero-order valence-corrected chi connectivity index (χ0v) is 10.0. The van der Waals surface area contributed by atoms with E-state index in [9.17, 15) is 5.11 Å². The van der Waals surface area contributed by atoms with Crippen LogP contribution in [-0.4, -0.2) is 22.6 Å². The van der Waals surface area contributed by atoms with E-state index in [1.54, 1.807) is 0 Å². The molecule has 0 bridgehead atoms. The lowest BCUT2D eigenvalue weighted by Crippen LogP contribution is -2.18. The minimum absolute atomic E-state index is 0.448. The maximum absolute atomic E-state index is 9.58. The van der Waals surface area contributed by atoms with Crippen molar-refractivity contribution in [3.8, 4) is 0 Å². The van der Waals surface area contributed by atoms with Gasteiger partial charge in [-0.25, -0.2) is 0 Å². The minimum atomic E-state index is -0.753. The van der Waals surface area contributed by atoms with Gasteiger partial charge >= 0.3 is 0 Å². The molecule has 1 atom stereocenters. The molecule has 1 N–H and O–H groups in total. The van der Waals surface area contributed by atoms with Gasteiger partial charge in [0.2, 0.25) is 0 Å². The molecule has 2 rings (SSSR count). The number of ether oxygens (including phenoxy) is 1. The fraction of sp³-hybridized carbons (Fsp3) is 0.333. The smallest absolute Gasteiger partial charge is 0.172 e. The van der Waals surface area contributed by atoms with Crippen molar-refractivity contribution in [2.75, 3.05) is 6.61 Å². The first kappa shape index (κ1) is 11.5. The molecule has 0 saturated heterocycles. The van der Waals surface area contributed by atoms with Crippen molar-refractivity contribution < 1.29 is 9.84 Å². The molecule has 0 radical (unpaired) electrons. The highest BCUT2D eigenvalue weighted by Crippen LogP contribution is 2.19. The summed E-state index contributed by atoms with van der Waals surface area (Å²) in [6.07, 6.45) is 1.19. The Morgan fingerprint density at radius 3 is 3.00 bits per heavy atom. The summed E-state index contributed by atoms with van der Waals surface area (Å²) in [6.45, 7) is 2.83. The van der Waals surface area contributed by atoms with Gasteiger partial charge in [0.15, 0.2) is 6.29 Å². The van der Waals surface area contributed by atoms with E-state index < -0.39 is 6.29 Å². The lowest BCUT2D eigenvalue weighted by atomic mass is 10.2. The Balaban J connectivity index is 2.25. The number of nitrogens with zero attached hydrogens (tertiary/aromatic N) is 1. The summed E-state index contributed by atoms with van der Waals surface area (Å²) < 4.78 is 7.08. The largest absolute Gasteiger partial charge is 0.366 e. The predicted molar refractivity (Wildman–Crippen MR) is 66.8 cm³/mol. The van der Waals surface area contributed by atoms with Gasteiger partial charge in [-0.05, 0) is 31.2 Å². The summed E-state index contributed by atoms with van der Waals surface area (Å²) in [4.78, 5) is 0.940. The molecule has 1 aromatic carbocycles. The Bertz CT molecular complexity index is 481. The van der Waals surface area contributed by atoms with E-state index in [1.165, 1.54) is 0 Å². The molecule has 1 heterocycles. The lowest BCUT2D eigenvalue weighted by Gasteiger charge is -2.12. The fourth-order valence-electron chi connectivity index (χ4n) is 1.76. The number of aromatic nitrogens is 1. The molecule has 0 aliphatic rings. The molecule has 0 aliphatic carbocycles. The van der Waals surface area contributed by atoms with E-state index in [1.807, 2.05) is 42.0 Å². The Kier molecular flexibility index (Phi) is 3.53. The first-order chi connectivity index (χ1) is 7.70. The van der Waals surface area contributed by atoms with E-state index >= 15 is 0 Å². The molecule has 86 valence electrons. The van der Waals surface area contributed by atoms with Gasteiger partial charge in [0.05, 0.1) is 6.54 Å². The second-order valence-electron chi connectivity index (χ2n) is 3.62. The zero-order valence-electron chi connectivity index (χ0n) is 9.13. The Labute approximate surface area is 100 Å². The van der Waals surface area contributed by atoms with E-state index in [-0.39, 0.29) is 0 Å². The molecule has 0 aliphatic heterocycles. The first-order valence-electron chi connectivity index (χ1n) is 5.28. The molecule has 1 aromatic heterocycles. The summed E-state index contributed by atoms with van der Waals surface area (Å²) in [7, 11) is 0. The van der Waals surface area contributed by atoms with Crippen molar-refractivity contribution >= 4 is 23.5 Å². The molecule has 4 heteroatoms. The van der Waals surface area contributed by atoms with Crippen LogP contribution in [0.2, 0.25) is 0 Å². The van der Waals surface area contributed by atoms with E-state index in [0.29, 0.717) is 13.2 Å². The molecule has 0 saturated carbocycles. The van der Waals surface area contributed by atoms with Crippen LogP contribution in [0.1, 0.15) is 6.92 Å². The summed E-state index contributed by atoms with van der Waals surface area (Å²) >= 11 is 4.29. The van der Waals surface area contributed by atoms with Crippen LogP contribution in [0.25, 0.3) is 10.9 Å². The van der Waals surface area contributed by atoms with Crippen molar-refractivity contribution in [3.63, 3.8) is 0 Å². The third-order valence-electron chi connectivity index (χ3n) is 2.47. The van der Waals surface area contributed by atoms with Crippen LogP contribution in [-0.2, 0) is 11.3 Å². The van der Waals surface area contributed by atoms with Crippen LogP contribution < -0.4 is 0 Å². The first-order valence-corrected chi connectivity index (χ1v) is 5.73. The highest BCUT2D eigenvalue weighted by Gasteiger charge is 2.06.